The van der Waals surface area contributed by atoms with E-state index in [0.717, 1.165) is 0 Å². The van der Waals surface area contributed by atoms with Gasteiger partial charge < -0.3 is 0 Å². The van der Waals surface area contributed by atoms with Crippen molar-refractivity contribution in [1.82, 2.24) is 0 Å². The fraction of sp³-hybridized carbons (Fsp3) is 0.182. The summed E-state index contributed by atoms with van der Waals surface area (Å²) in [6.07, 6.45) is 9.83. The molecule has 0 atom stereocenters. The van der Waals surface area contributed by atoms with Gasteiger partial charge >= 0.3 is 0 Å². The quantitative estimate of drug-likeness (QED) is 0.612. The van der Waals surface area contributed by atoms with Crippen LogP contribution < -0.4 is 0 Å². The largest absolute Gasteiger partial charge is 0.0746 e. The third-order valence-electron chi connectivity index (χ3n) is 6.24. The molecule has 0 fully saturated rings. The van der Waals surface area contributed by atoms with Crippen molar-refractivity contribution in [1.29, 1.82) is 0 Å². The predicted molar refractivity (Wildman–Crippen MR) is 111 cm³/mol. The van der Waals surface area contributed by atoms with Gasteiger partial charge in [0.2, 0.25) is 0 Å². The second-order valence-electron chi connectivity index (χ2n) is 8.00. The van der Waals surface area contributed by atoms with E-state index in [4.69, 9.17) is 0 Å². The summed E-state index contributed by atoms with van der Waals surface area (Å²) >= 11 is 0. The summed E-state index contributed by atoms with van der Waals surface area (Å²) in [7, 11) is -3.11. The molecule has 2 aliphatic carbocycles. The fourth-order valence-electron chi connectivity index (χ4n) is 3.74. The molecule has 2 aromatic rings. The van der Waals surface area contributed by atoms with Gasteiger partial charge in [-0.25, -0.2) is 0 Å². The SMILES string of the molecule is C[Si](C)(C1=Cc2ccccc2[CH]1)[Si](C)(C)C1=Cc2ccccc2[CH]1. The summed E-state index contributed by atoms with van der Waals surface area (Å²) in [6, 6.07) is 17.6. The van der Waals surface area contributed by atoms with Gasteiger partial charge in [-0.2, -0.15) is 0 Å². The van der Waals surface area contributed by atoms with Crippen LogP contribution in [0, 0.1) is 12.8 Å². The standard InChI is InChI=1S/C22H24Si2/c1-23(2,21-13-17-9-5-6-10-18(17)14-21)24(3,4)22-15-19-11-7-8-12-20(19)16-22/h5-16H,1-4H3. The van der Waals surface area contributed by atoms with Gasteiger partial charge in [0, 0.05) is 12.8 Å². The minimum absolute atomic E-state index is 1.39. The lowest BCUT2D eigenvalue weighted by Crippen LogP contribution is -2.57. The highest BCUT2D eigenvalue weighted by Gasteiger charge is 2.47. The average Bonchev–Trinajstić information content (AvgIpc) is 3.19. The van der Waals surface area contributed by atoms with Crippen LogP contribution in [0.3, 0.4) is 0 Å². The van der Waals surface area contributed by atoms with Gasteiger partial charge in [-0.3, -0.25) is 0 Å². The topological polar surface area (TPSA) is 0 Å². The van der Waals surface area contributed by atoms with Gasteiger partial charge in [0.05, 0.1) is 15.2 Å². The summed E-state index contributed by atoms with van der Waals surface area (Å²) in [5.41, 5.74) is 5.58. The van der Waals surface area contributed by atoms with Crippen molar-refractivity contribution in [2.75, 3.05) is 0 Å². The van der Waals surface area contributed by atoms with Crippen molar-refractivity contribution < 1.29 is 0 Å². The van der Waals surface area contributed by atoms with Crippen LogP contribution in [0.2, 0.25) is 26.2 Å². The minimum atomic E-state index is -1.55. The molecule has 0 heterocycles. The number of fused-ring (bicyclic) bond motifs is 2. The van der Waals surface area contributed by atoms with E-state index >= 15 is 0 Å². The highest BCUT2D eigenvalue weighted by atomic mass is 29.3. The molecular formula is C22H24Si2. The first-order valence-corrected chi connectivity index (χ1v) is 15.7. The Morgan fingerprint density at radius 1 is 0.500 bits per heavy atom. The van der Waals surface area contributed by atoms with E-state index in [1.54, 1.807) is 10.4 Å². The maximum absolute atomic E-state index is 2.57. The molecule has 2 aromatic carbocycles. The Morgan fingerprint density at radius 2 is 0.833 bits per heavy atom. The van der Waals surface area contributed by atoms with Crippen molar-refractivity contribution in [3.05, 3.63) is 94.0 Å². The second-order valence-corrected chi connectivity index (χ2v) is 23.2. The zero-order valence-corrected chi connectivity index (χ0v) is 16.9. The van der Waals surface area contributed by atoms with Gasteiger partial charge in [-0.15, -0.1) is 0 Å². The van der Waals surface area contributed by atoms with Gasteiger partial charge in [0.1, 0.15) is 0 Å². The van der Waals surface area contributed by atoms with E-state index in [1.807, 2.05) is 0 Å². The molecule has 2 radical (unpaired) electrons. The van der Waals surface area contributed by atoms with E-state index < -0.39 is 15.2 Å². The molecule has 0 saturated heterocycles. The van der Waals surface area contributed by atoms with Crippen molar-refractivity contribution in [3.63, 3.8) is 0 Å². The number of rotatable bonds is 3. The second kappa shape index (κ2) is 5.43. The lowest BCUT2D eigenvalue weighted by Gasteiger charge is -2.41. The first-order chi connectivity index (χ1) is 11.4. The number of benzene rings is 2. The molecule has 0 N–H and O–H groups in total. The van der Waals surface area contributed by atoms with Crippen molar-refractivity contribution in [2.24, 2.45) is 0 Å². The van der Waals surface area contributed by atoms with Crippen LogP contribution in [0.5, 0.6) is 0 Å². The zero-order chi connectivity index (χ0) is 16.9. The summed E-state index contributed by atoms with van der Waals surface area (Å²) in [5.74, 6) is 0. The molecule has 2 aliphatic rings. The summed E-state index contributed by atoms with van der Waals surface area (Å²) in [4.78, 5) is 0. The Hall–Kier alpha value is -1.65. The van der Waals surface area contributed by atoms with Crippen LogP contribution >= 0.6 is 0 Å². The molecule has 0 nitrogen and oxygen atoms in total. The molecule has 0 unspecified atom stereocenters. The van der Waals surface area contributed by atoms with Crippen LogP contribution in [-0.4, -0.2) is 15.2 Å². The Bertz CT molecular complexity index is 796. The molecule has 24 heavy (non-hydrogen) atoms. The highest BCUT2D eigenvalue weighted by molar-refractivity contribution is 7.46. The Balaban J connectivity index is 1.68. The van der Waals surface area contributed by atoms with Gasteiger partial charge in [0.25, 0.3) is 0 Å². The number of hydrogen-bond acceptors (Lipinski definition) is 0. The Labute approximate surface area is 147 Å². The van der Waals surface area contributed by atoms with E-state index in [-0.39, 0.29) is 0 Å². The minimum Gasteiger partial charge on any atom is -0.0743 e. The van der Waals surface area contributed by atoms with Gasteiger partial charge in [-0.1, -0.05) is 97.3 Å². The molecule has 0 saturated carbocycles. The number of allylic oxidation sites excluding steroid dienone is 2. The maximum Gasteiger partial charge on any atom is 0.0746 e. The van der Waals surface area contributed by atoms with E-state index in [2.05, 4.69) is 99.7 Å². The van der Waals surface area contributed by atoms with Crippen molar-refractivity contribution >= 4 is 27.3 Å². The number of hydrogen-bond donors (Lipinski definition) is 0. The van der Waals surface area contributed by atoms with Crippen LogP contribution in [0.25, 0.3) is 12.2 Å². The highest BCUT2D eigenvalue weighted by Crippen LogP contribution is 2.42. The molecule has 0 spiro atoms. The van der Waals surface area contributed by atoms with Gasteiger partial charge in [-0.05, 0) is 22.3 Å². The van der Waals surface area contributed by atoms with Crippen molar-refractivity contribution in [3.8, 4) is 0 Å². The van der Waals surface area contributed by atoms with E-state index in [9.17, 15) is 0 Å². The molecule has 0 amide bonds. The first-order valence-electron chi connectivity index (χ1n) is 8.71. The maximum atomic E-state index is 2.57. The first kappa shape index (κ1) is 15.9. The molecular weight excluding hydrogens is 320 g/mol. The normalized spacial score (nSPS) is 16.5. The third kappa shape index (κ3) is 2.32. The molecule has 2 heteroatoms. The molecule has 0 aromatic heterocycles. The average molecular weight is 345 g/mol. The Morgan fingerprint density at radius 3 is 1.17 bits per heavy atom. The van der Waals surface area contributed by atoms with Crippen LogP contribution in [-0.2, 0) is 0 Å². The molecule has 0 bridgehead atoms. The monoisotopic (exact) mass is 344 g/mol. The van der Waals surface area contributed by atoms with E-state index in [0.29, 0.717) is 0 Å². The van der Waals surface area contributed by atoms with E-state index in [1.165, 1.54) is 22.3 Å². The van der Waals surface area contributed by atoms with Crippen LogP contribution in [0.15, 0.2) is 58.9 Å². The predicted octanol–water partition coefficient (Wildman–Crippen LogP) is 5.86. The Kier molecular flexibility index (Phi) is 3.59. The fourth-order valence-corrected chi connectivity index (χ4v) is 12.4. The van der Waals surface area contributed by atoms with Gasteiger partial charge in [0.15, 0.2) is 0 Å². The molecule has 4 rings (SSSR count). The van der Waals surface area contributed by atoms with Crippen LogP contribution in [0.4, 0.5) is 0 Å². The molecule has 120 valence electrons. The summed E-state index contributed by atoms with van der Waals surface area (Å²) < 4.78 is 0. The van der Waals surface area contributed by atoms with Crippen LogP contribution in [0.1, 0.15) is 22.3 Å². The third-order valence-corrected chi connectivity index (χ3v) is 23.9. The molecule has 0 aliphatic heterocycles. The smallest absolute Gasteiger partial charge is 0.0743 e. The lowest BCUT2D eigenvalue weighted by molar-refractivity contribution is 1.51. The zero-order valence-electron chi connectivity index (χ0n) is 14.9. The summed E-state index contributed by atoms with van der Waals surface area (Å²) in [5, 5.41) is 3.23. The van der Waals surface area contributed by atoms with Crippen molar-refractivity contribution in [2.45, 2.75) is 26.2 Å². The summed E-state index contributed by atoms with van der Waals surface area (Å²) in [6.45, 7) is 10.3. The lowest BCUT2D eigenvalue weighted by atomic mass is 10.1.